The van der Waals surface area contributed by atoms with E-state index in [-0.39, 0.29) is 28.4 Å². The molecule has 34 heavy (non-hydrogen) atoms. The molecule has 0 aromatic carbocycles. The largest absolute Gasteiger partial charge is 0.417 e. The highest BCUT2D eigenvalue weighted by molar-refractivity contribution is 6.28. The number of aromatic amines is 1. The molecule has 2 N–H and O–H groups in total. The molecule has 2 aliphatic carbocycles. The SMILES string of the molecule is CN1CCc2nc(Cl)nc(Oc3ncc4c(c3F)-c3[nH]c5c(c3CC4)C(=O)NCC53CC3)c2C1. The third kappa shape index (κ3) is 2.86. The van der Waals surface area contributed by atoms with E-state index in [1.165, 1.54) is 0 Å². The van der Waals surface area contributed by atoms with E-state index in [9.17, 15) is 4.79 Å². The van der Waals surface area contributed by atoms with E-state index >= 15 is 4.39 Å². The van der Waals surface area contributed by atoms with Crippen molar-refractivity contribution < 1.29 is 13.9 Å². The molecule has 7 rings (SSSR count). The second-order valence-electron chi connectivity index (χ2n) is 9.78. The quantitative estimate of drug-likeness (QED) is 0.546. The number of nitrogens with zero attached hydrogens (tertiary/aromatic N) is 4. The molecule has 3 aromatic rings. The number of ether oxygens (including phenoxy) is 1. The van der Waals surface area contributed by atoms with Gasteiger partial charge >= 0.3 is 0 Å². The van der Waals surface area contributed by atoms with Crippen molar-refractivity contribution in [2.75, 3.05) is 20.1 Å². The van der Waals surface area contributed by atoms with Crippen LogP contribution in [0.15, 0.2) is 6.20 Å². The minimum atomic E-state index is -0.560. The summed E-state index contributed by atoms with van der Waals surface area (Å²) in [6.07, 6.45) is 5.69. The number of rotatable bonds is 2. The van der Waals surface area contributed by atoms with Gasteiger partial charge in [-0.25, -0.2) is 14.4 Å². The highest BCUT2D eigenvalue weighted by Crippen LogP contribution is 2.53. The Hall–Kier alpha value is -3.04. The Kier molecular flexibility index (Phi) is 4.18. The van der Waals surface area contributed by atoms with Crippen LogP contribution in [0, 0.1) is 5.82 Å². The van der Waals surface area contributed by atoms with Crippen LogP contribution in [0.25, 0.3) is 11.3 Å². The fourth-order valence-corrected chi connectivity index (χ4v) is 5.80. The lowest BCUT2D eigenvalue weighted by Crippen LogP contribution is -2.39. The fraction of sp³-hybridized carbons (Fsp3) is 0.417. The molecule has 1 saturated carbocycles. The first kappa shape index (κ1) is 20.3. The number of aromatic nitrogens is 4. The molecule has 174 valence electrons. The van der Waals surface area contributed by atoms with Crippen molar-refractivity contribution in [3.05, 3.63) is 50.9 Å². The summed E-state index contributed by atoms with van der Waals surface area (Å²) >= 11 is 6.14. The predicted octanol–water partition coefficient (Wildman–Crippen LogP) is 3.31. The molecule has 0 bridgehead atoms. The van der Waals surface area contributed by atoms with Gasteiger partial charge in [0, 0.05) is 48.9 Å². The average molecular weight is 481 g/mol. The minimum Gasteiger partial charge on any atom is -0.417 e. The zero-order chi connectivity index (χ0) is 23.2. The maximum Gasteiger partial charge on any atom is 0.258 e. The Morgan fingerprint density at radius 1 is 1.15 bits per heavy atom. The molecular weight excluding hydrogens is 459 g/mol. The number of likely N-dealkylation sites (N-methyl/N-ethyl adjacent to an activating group) is 1. The normalized spacial score (nSPS) is 19.7. The Bertz CT molecular complexity index is 1400. The van der Waals surface area contributed by atoms with Gasteiger partial charge in [0.05, 0.1) is 22.5 Å². The van der Waals surface area contributed by atoms with Crippen molar-refractivity contribution in [2.24, 2.45) is 0 Å². The second-order valence-corrected chi connectivity index (χ2v) is 10.1. The van der Waals surface area contributed by atoms with E-state index in [1.54, 1.807) is 6.20 Å². The Morgan fingerprint density at radius 3 is 2.82 bits per heavy atom. The number of pyridine rings is 1. The van der Waals surface area contributed by atoms with Crippen LogP contribution < -0.4 is 10.1 Å². The van der Waals surface area contributed by atoms with Crippen LogP contribution in [0.1, 0.15) is 51.3 Å². The summed E-state index contributed by atoms with van der Waals surface area (Å²) in [6, 6.07) is 0. The van der Waals surface area contributed by atoms with Crippen molar-refractivity contribution in [1.82, 2.24) is 30.2 Å². The standard InChI is InChI=1S/C24H22ClFN6O2/c1-32-7-4-14-13(9-32)21(31-23(25)29-14)34-22-17(26)15-11(8-27-22)2-3-12-16-19(30-18(12)15)24(5-6-24)10-28-20(16)33/h8,30H,2-7,9-10H2,1H3,(H,28,33). The van der Waals surface area contributed by atoms with E-state index in [1.807, 2.05) is 7.05 Å². The van der Waals surface area contributed by atoms with Crippen molar-refractivity contribution in [3.63, 3.8) is 0 Å². The van der Waals surface area contributed by atoms with Gasteiger partial charge in [0.2, 0.25) is 11.2 Å². The molecule has 8 nitrogen and oxygen atoms in total. The molecule has 1 spiro atoms. The predicted molar refractivity (Wildman–Crippen MR) is 122 cm³/mol. The first-order chi connectivity index (χ1) is 16.4. The number of carbonyl (C=O) groups excluding carboxylic acids is 1. The zero-order valence-corrected chi connectivity index (χ0v) is 19.4. The minimum absolute atomic E-state index is 0.0353. The zero-order valence-electron chi connectivity index (χ0n) is 18.6. The number of fused-ring (bicyclic) bond motifs is 7. The molecule has 10 heteroatoms. The van der Waals surface area contributed by atoms with Crippen molar-refractivity contribution in [2.45, 2.75) is 44.1 Å². The van der Waals surface area contributed by atoms with Gasteiger partial charge in [-0.2, -0.15) is 4.98 Å². The summed E-state index contributed by atoms with van der Waals surface area (Å²) in [7, 11) is 2.00. The first-order valence-electron chi connectivity index (χ1n) is 11.6. The Labute approximate surface area is 199 Å². The molecule has 3 aromatic heterocycles. The van der Waals surface area contributed by atoms with E-state index in [0.717, 1.165) is 47.5 Å². The van der Waals surface area contributed by atoms with Crippen LogP contribution in [0.2, 0.25) is 5.28 Å². The van der Waals surface area contributed by atoms with E-state index in [0.29, 0.717) is 49.2 Å². The third-order valence-corrected chi connectivity index (χ3v) is 7.81. The lowest BCUT2D eigenvalue weighted by Gasteiger charge is -2.25. The van der Waals surface area contributed by atoms with Crippen LogP contribution in [0.5, 0.6) is 11.8 Å². The summed E-state index contributed by atoms with van der Waals surface area (Å²) in [4.78, 5) is 31.2. The molecule has 4 aliphatic rings. The Balaban J connectivity index is 1.34. The van der Waals surface area contributed by atoms with Crippen molar-refractivity contribution in [1.29, 1.82) is 0 Å². The van der Waals surface area contributed by atoms with E-state index in [2.05, 4.69) is 30.2 Å². The average Bonchev–Trinajstić information content (AvgIpc) is 3.48. The number of halogens is 2. The number of amides is 1. The van der Waals surface area contributed by atoms with Gasteiger partial charge < -0.3 is 19.9 Å². The maximum atomic E-state index is 16.0. The van der Waals surface area contributed by atoms with Gasteiger partial charge in [-0.05, 0) is 55.5 Å². The molecular formula is C24H22ClFN6O2. The van der Waals surface area contributed by atoms with Crippen molar-refractivity contribution in [3.8, 4) is 23.0 Å². The summed E-state index contributed by atoms with van der Waals surface area (Å²) in [6.45, 7) is 2.06. The number of H-pyrrole nitrogens is 1. The summed E-state index contributed by atoms with van der Waals surface area (Å²) in [5.41, 5.74) is 5.99. The van der Waals surface area contributed by atoms with Crippen LogP contribution in [0.3, 0.4) is 0 Å². The van der Waals surface area contributed by atoms with E-state index < -0.39 is 5.82 Å². The van der Waals surface area contributed by atoms with Crippen LogP contribution >= 0.6 is 11.6 Å². The molecule has 0 saturated heterocycles. The lowest BCUT2D eigenvalue weighted by atomic mass is 9.86. The molecule has 0 radical (unpaired) electrons. The highest BCUT2D eigenvalue weighted by Gasteiger charge is 2.52. The molecule has 1 amide bonds. The number of hydrogen-bond donors (Lipinski definition) is 2. The lowest BCUT2D eigenvalue weighted by molar-refractivity contribution is 0.0936. The second kappa shape index (κ2) is 6.99. The van der Waals surface area contributed by atoms with Gasteiger partial charge in [-0.3, -0.25) is 4.79 Å². The molecule has 5 heterocycles. The molecule has 0 unspecified atom stereocenters. The molecule has 0 atom stereocenters. The van der Waals surface area contributed by atoms with Crippen LogP contribution in [-0.4, -0.2) is 50.9 Å². The monoisotopic (exact) mass is 480 g/mol. The molecule has 1 fully saturated rings. The Morgan fingerprint density at radius 2 is 2.00 bits per heavy atom. The fourth-order valence-electron chi connectivity index (χ4n) is 5.62. The highest BCUT2D eigenvalue weighted by atomic mass is 35.5. The van der Waals surface area contributed by atoms with Crippen LogP contribution in [0.4, 0.5) is 4.39 Å². The van der Waals surface area contributed by atoms with Gasteiger partial charge in [0.1, 0.15) is 0 Å². The van der Waals surface area contributed by atoms with Crippen molar-refractivity contribution >= 4 is 17.5 Å². The third-order valence-electron chi connectivity index (χ3n) is 7.64. The van der Waals surface area contributed by atoms with Gasteiger partial charge in [0.15, 0.2) is 5.82 Å². The summed E-state index contributed by atoms with van der Waals surface area (Å²) < 4.78 is 22.0. The number of aryl methyl sites for hydroxylation is 1. The summed E-state index contributed by atoms with van der Waals surface area (Å²) in [5, 5.41) is 3.09. The summed E-state index contributed by atoms with van der Waals surface area (Å²) in [5.74, 6) is -0.568. The maximum absolute atomic E-state index is 16.0. The topological polar surface area (TPSA) is 96.0 Å². The number of nitrogens with one attached hydrogen (secondary N) is 2. The number of hydrogen-bond acceptors (Lipinski definition) is 6. The molecule has 2 aliphatic heterocycles. The van der Waals surface area contributed by atoms with Crippen LogP contribution in [-0.2, 0) is 31.2 Å². The first-order valence-corrected chi connectivity index (χ1v) is 11.9. The van der Waals surface area contributed by atoms with Gasteiger partial charge in [-0.15, -0.1) is 0 Å². The number of carbonyl (C=O) groups is 1. The smallest absolute Gasteiger partial charge is 0.258 e. The van der Waals surface area contributed by atoms with Gasteiger partial charge in [0.25, 0.3) is 11.8 Å². The van der Waals surface area contributed by atoms with Gasteiger partial charge in [-0.1, -0.05) is 0 Å². The van der Waals surface area contributed by atoms with E-state index in [4.69, 9.17) is 16.3 Å².